The number of ketones is 1. The van der Waals surface area contributed by atoms with Gasteiger partial charge in [0.1, 0.15) is 0 Å². The Labute approximate surface area is 56.6 Å². The molecule has 0 aromatic rings. The lowest BCUT2D eigenvalue weighted by atomic mass is 10.3. The van der Waals surface area contributed by atoms with Crippen molar-refractivity contribution in [2.45, 2.75) is 13.3 Å². The minimum Gasteiger partial charge on any atom is -0.476 e. The van der Waals surface area contributed by atoms with E-state index in [0.29, 0.717) is 0 Å². The average molecular weight is 146 g/mol. The average Bonchev–Trinajstić information content (AvgIpc) is 1.88. The van der Waals surface area contributed by atoms with Crippen LogP contribution in [0.2, 0.25) is 0 Å². The fourth-order valence-electron chi connectivity index (χ4n) is 0.151. The predicted molar refractivity (Wildman–Crippen MR) is 27.9 cm³/mol. The number of rotatable bonds is 2. The largest absolute Gasteiger partial charge is 0.476 e. The molecule has 56 valence electrons. The lowest BCUT2D eigenvalue weighted by Crippen LogP contribution is -2.09. The summed E-state index contributed by atoms with van der Waals surface area (Å²) in [7, 11) is 0. The zero-order valence-electron chi connectivity index (χ0n) is 5.29. The van der Waals surface area contributed by atoms with Gasteiger partial charge in [0, 0.05) is 6.42 Å². The summed E-state index contributed by atoms with van der Waals surface area (Å²) < 4.78 is 0. The van der Waals surface area contributed by atoms with Gasteiger partial charge in [0.15, 0.2) is 0 Å². The molecule has 0 saturated heterocycles. The van der Waals surface area contributed by atoms with Crippen molar-refractivity contribution in [2.75, 3.05) is 0 Å². The van der Waals surface area contributed by atoms with Gasteiger partial charge < -0.3 is 5.11 Å². The van der Waals surface area contributed by atoms with E-state index in [2.05, 4.69) is 0 Å². The second-order valence-corrected chi connectivity index (χ2v) is 1.17. The molecule has 5 nitrogen and oxygen atoms in total. The first-order chi connectivity index (χ1) is 4.59. The molecular formula is C5H6O5. The SMILES string of the molecule is CCC(=O)C(=O)O.O=C=O. The normalized spacial score (nSPS) is 6.50. The van der Waals surface area contributed by atoms with Crippen LogP contribution < -0.4 is 0 Å². The van der Waals surface area contributed by atoms with E-state index in [1.807, 2.05) is 0 Å². The van der Waals surface area contributed by atoms with E-state index in [-0.39, 0.29) is 12.6 Å². The second-order valence-electron chi connectivity index (χ2n) is 1.17. The number of hydrogen-bond donors (Lipinski definition) is 1. The Hall–Kier alpha value is -1.48. The predicted octanol–water partition coefficient (Wildman–Crippen LogP) is -0.533. The zero-order valence-corrected chi connectivity index (χ0v) is 5.29. The molecule has 0 aliphatic heterocycles. The summed E-state index contributed by atoms with van der Waals surface area (Å²) in [5.74, 6) is -2.08. The van der Waals surface area contributed by atoms with Gasteiger partial charge in [0.05, 0.1) is 0 Å². The highest BCUT2D eigenvalue weighted by atomic mass is 16.4. The molecule has 0 atom stereocenters. The molecule has 0 aromatic carbocycles. The molecule has 0 radical (unpaired) electrons. The van der Waals surface area contributed by atoms with E-state index in [1.165, 1.54) is 6.92 Å². The van der Waals surface area contributed by atoms with Gasteiger partial charge in [-0.25, -0.2) is 4.79 Å². The van der Waals surface area contributed by atoms with E-state index in [4.69, 9.17) is 14.7 Å². The summed E-state index contributed by atoms with van der Waals surface area (Å²) in [6.07, 6.45) is 0.329. The maximum atomic E-state index is 9.91. The Kier molecular flexibility index (Phi) is 8.52. The lowest BCUT2D eigenvalue weighted by Gasteiger charge is -1.80. The summed E-state index contributed by atoms with van der Waals surface area (Å²) in [6, 6.07) is 0. The summed E-state index contributed by atoms with van der Waals surface area (Å²) in [6.45, 7) is 1.51. The standard InChI is InChI=1S/C4H6O3.CO2/c1-2-3(5)4(6)7;2-1-3/h2H2,1H3,(H,6,7);. The molecule has 0 aliphatic rings. The van der Waals surface area contributed by atoms with Crippen LogP contribution in [0.25, 0.3) is 0 Å². The van der Waals surface area contributed by atoms with Crippen molar-refractivity contribution >= 4 is 17.9 Å². The van der Waals surface area contributed by atoms with Gasteiger partial charge in [0.2, 0.25) is 5.78 Å². The van der Waals surface area contributed by atoms with Gasteiger partial charge in [-0.2, -0.15) is 9.59 Å². The first-order valence-corrected chi connectivity index (χ1v) is 2.35. The topological polar surface area (TPSA) is 88.5 Å². The fourth-order valence-corrected chi connectivity index (χ4v) is 0.151. The number of aliphatic carboxylic acids is 1. The summed E-state index contributed by atoms with van der Waals surface area (Å²) >= 11 is 0. The van der Waals surface area contributed by atoms with Gasteiger partial charge in [-0.3, -0.25) is 4.79 Å². The molecule has 1 N–H and O–H groups in total. The smallest absolute Gasteiger partial charge is 0.373 e. The molecule has 0 spiro atoms. The van der Waals surface area contributed by atoms with Crippen molar-refractivity contribution in [3.05, 3.63) is 0 Å². The minimum atomic E-state index is -1.34. The molecule has 10 heavy (non-hydrogen) atoms. The first-order valence-electron chi connectivity index (χ1n) is 2.35. The van der Waals surface area contributed by atoms with Gasteiger partial charge in [0.25, 0.3) is 0 Å². The maximum absolute atomic E-state index is 9.91. The highest BCUT2D eigenvalue weighted by Gasteiger charge is 2.05. The summed E-state index contributed by atoms with van der Waals surface area (Å²) in [4.78, 5) is 35.7. The van der Waals surface area contributed by atoms with Crippen LogP contribution in [-0.2, 0) is 19.2 Å². The number of carbonyl (C=O) groups is 2. The summed E-state index contributed by atoms with van der Waals surface area (Å²) in [5.41, 5.74) is 0. The lowest BCUT2D eigenvalue weighted by molar-refractivity contribution is -0.191. The van der Waals surface area contributed by atoms with Crippen molar-refractivity contribution < 1.29 is 24.3 Å². The van der Waals surface area contributed by atoms with Crippen LogP contribution in [0.15, 0.2) is 0 Å². The minimum absolute atomic E-state index is 0.0787. The Morgan fingerprint density at radius 3 is 1.70 bits per heavy atom. The third kappa shape index (κ3) is 9.72. The molecule has 5 heteroatoms. The molecule has 0 fully saturated rings. The second kappa shape index (κ2) is 7.52. The highest BCUT2D eigenvalue weighted by Crippen LogP contribution is 1.76. The van der Waals surface area contributed by atoms with Crippen molar-refractivity contribution in [3.63, 3.8) is 0 Å². The molecule has 0 saturated carbocycles. The maximum Gasteiger partial charge on any atom is 0.373 e. The van der Waals surface area contributed by atoms with Crippen LogP contribution in [0, 0.1) is 0 Å². The van der Waals surface area contributed by atoms with Crippen molar-refractivity contribution in [3.8, 4) is 0 Å². The van der Waals surface area contributed by atoms with E-state index in [9.17, 15) is 9.59 Å². The van der Waals surface area contributed by atoms with Crippen LogP contribution in [0.1, 0.15) is 13.3 Å². The number of carboxylic acids is 1. The number of hydrogen-bond acceptors (Lipinski definition) is 4. The molecule has 0 rings (SSSR count). The molecule has 0 amide bonds. The Bertz CT molecular complexity index is 153. The number of Topliss-reactive ketones (excluding diaryl/α,β-unsaturated/α-hetero) is 1. The monoisotopic (exact) mass is 146 g/mol. The quantitative estimate of drug-likeness (QED) is 0.529. The van der Waals surface area contributed by atoms with Crippen molar-refractivity contribution in [1.29, 1.82) is 0 Å². The molecule has 0 aromatic heterocycles. The molecular weight excluding hydrogens is 140 g/mol. The Morgan fingerprint density at radius 1 is 1.40 bits per heavy atom. The van der Waals surface area contributed by atoms with E-state index >= 15 is 0 Å². The Morgan fingerprint density at radius 2 is 1.70 bits per heavy atom. The molecule has 0 aliphatic carbocycles. The van der Waals surface area contributed by atoms with Gasteiger partial charge in [-0.05, 0) is 0 Å². The van der Waals surface area contributed by atoms with Crippen LogP contribution in [0.4, 0.5) is 0 Å². The third-order valence-electron chi connectivity index (χ3n) is 0.560. The van der Waals surface area contributed by atoms with Gasteiger partial charge >= 0.3 is 12.1 Å². The van der Waals surface area contributed by atoms with Gasteiger partial charge in [-0.15, -0.1) is 0 Å². The number of carbonyl (C=O) groups excluding carboxylic acids is 3. The molecule has 0 unspecified atom stereocenters. The number of carboxylic acid groups (broad SMARTS) is 1. The van der Waals surface area contributed by atoms with E-state index in [1.54, 1.807) is 0 Å². The van der Waals surface area contributed by atoms with E-state index in [0.717, 1.165) is 0 Å². The van der Waals surface area contributed by atoms with Crippen molar-refractivity contribution in [1.82, 2.24) is 0 Å². The first kappa shape index (κ1) is 11.3. The van der Waals surface area contributed by atoms with Crippen LogP contribution in [0.3, 0.4) is 0 Å². The third-order valence-corrected chi connectivity index (χ3v) is 0.560. The zero-order chi connectivity index (χ0) is 8.57. The van der Waals surface area contributed by atoms with Crippen LogP contribution >= 0.6 is 0 Å². The van der Waals surface area contributed by atoms with Crippen LogP contribution in [0.5, 0.6) is 0 Å². The van der Waals surface area contributed by atoms with Gasteiger partial charge in [-0.1, -0.05) is 6.92 Å². The van der Waals surface area contributed by atoms with Crippen molar-refractivity contribution in [2.24, 2.45) is 0 Å². The van der Waals surface area contributed by atoms with E-state index < -0.39 is 11.8 Å². The fraction of sp³-hybridized carbons (Fsp3) is 0.400. The summed E-state index contributed by atoms with van der Waals surface area (Å²) in [5, 5.41) is 7.83. The molecule has 0 heterocycles. The molecule has 0 bridgehead atoms. The van der Waals surface area contributed by atoms with Crippen LogP contribution in [-0.4, -0.2) is 23.0 Å². The highest BCUT2D eigenvalue weighted by molar-refractivity contribution is 6.32. The Balaban J connectivity index is 0.